The molecule has 4 nitrogen and oxygen atoms in total. The van der Waals surface area contributed by atoms with E-state index in [0.29, 0.717) is 5.56 Å². The Bertz CT molecular complexity index is 867. The fourth-order valence-electron chi connectivity index (χ4n) is 2.54. The maximum absolute atomic E-state index is 12.7. The molecule has 1 aliphatic carbocycles. The van der Waals surface area contributed by atoms with E-state index in [2.05, 4.69) is 6.58 Å². The van der Waals surface area contributed by atoms with Gasteiger partial charge in [-0.2, -0.15) is 0 Å². The Morgan fingerprint density at radius 1 is 0.957 bits per heavy atom. The number of carbonyl (C=O) groups is 3. The van der Waals surface area contributed by atoms with E-state index in [1.54, 1.807) is 30.3 Å². The Balaban J connectivity index is 2.11. The SMILES string of the molecule is C=C(Cl)COC(=O)c1cccc2c1C(=O)c1ccccc1C2=O. The molecule has 0 atom stereocenters. The van der Waals surface area contributed by atoms with E-state index in [-0.39, 0.29) is 45.5 Å². The van der Waals surface area contributed by atoms with Crippen molar-refractivity contribution >= 4 is 29.1 Å². The molecule has 0 heterocycles. The van der Waals surface area contributed by atoms with Crippen LogP contribution in [0.5, 0.6) is 0 Å². The molecule has 2 aromatic rings. The third kappa shape index (κ3) is 2.58. The lowest BCUT2D eigenvalue weighted by molar-refractivity contribution is 0.0543. The predicted octanol–water partition coefficient (Wildman–Crippen LogP) is 3.37. The zero-order chi connectivity index (χ0) is 16.6. The summed E-state index contributed by atoms with van der Waals surface area (Å²) >= 11 is 5.58. The first-order valence-corrected chi connectivity index (χ1v) is 7.20. The van der Waals surface area contributed by atoms with Gasteiger partial charge in [0.1, 0.15) is 6.61 Å². The van der Waals surface area contributed by atoms with Crippen molar-refractivity contribution in [2.75, 3.05) is 6.61 Å². The molecule has 0 saturated carbocycles. The predicted molar refractivity (Wildman–Crippen MR) is 85.0 cm³/mol. The van der Waals surface area contributed by atoms with E-state index in [4.69, 9.17) is 16.3 Å². The van der Waals surface area contributed by atoms with Crippen molar-refractivity contribution in [2.24, 2.45) is 0 Å². The van der Waals surface area contributed by atoms with Gasteiger partial charge in [0.25, 0.3) is 0 Å². The van der Waals surface area contributed by atoms with E-state index in [1.807, 2.05) is 0 Å². The van der Waals surface area contributed by atoms with Gasteiger partial charge in [0.05, 0.1) is 5.56 Å². The number of ether oxygens (including phenoxy) is 1. The van der Waals surface area contributed by atoms with Crippen LogP contribution in [-0.4, -0.2) is 24.1 Å². The molecule has 0 amide bonds. The number of hydrogen-bond donors (Lipinski definition) is 0. The first-order valence-electron chi connectivity index (χ1n) is 6.82. The molecule has 0 spiro atoms. The van der Waals surface area contributed by atoms with Gasteiger partial charge in [-0.1, -0.05) is 54.6 Å². The van der Waals surface area contributed by atoms with Crippen molar-refractivity contribution < 1.29 is 19.1 Å². The number of hydrogen-bond acceptors (Lipinski definition) is 4. The Kier molecular flexibility index (Phi) is 3.84. The first kappa shape index (κ1) is 15.2. The number of halogens is 1. The van der Waals surface area contributed by atoms with Gasteiger partial charge in [0, 0.05) is 27.3 Å². The Morgan fingerprint density at radius 3 is 2.22 bits per heavy atom. The summed E-state index contributed by atoms with van der Waals surface area (Å²) in [6.07, 6.45) is 0. The van der Waals surface area contributed by atoms with Crippen molar-refractivity contribution in [3.8, 4) is 0 Å². The summed E-state index contributed by atoms with van der Waals surface area (Å²) in [5, 5.41) is 0.163. The quantitative estimate of drug-likeness (QED) is 0.692. The van der Waals surface area contributed by atoms with Gasteiger partial charge in [-0.15, -0.1) is 0 Å². The van der Waals surface area contributed by atoms with E-state index in [9.17, 15) is 14.4 Å². The van der Waals surface area contributed by atoms with Crippen molar-refractivity contribution in [3.63, 3.8) is 0 Å². The molecule has 0 unspecified atom stereocenters. The molecule has 0 N–H and O–H groups in total. The summed E-state index contributed by atoms with van der Waals surface area (Å²) in [6.45, 7) is 3.27. The second-order valence-electron chi connectivity index (χ2n) is 5.03. The van der Waals surface area contributed by atoms with Gasteiger partial charge in [-0.25, -0.2) is 4.79 Å². The molecular formula is C18H11ClO4. The standard InChI is InChI=1S/C18H11ClO4/c1-10(19)9-23-18(22)14-8-4-7-13-15(14)17(21)12-6-3-2-5-11(12)16(13)20/h2-8H,1,9H2. The van der Waals surface area contributed by atoms with Crippen LogP contribution in [0, 0.1) is 0 Å². The largest absolute Gasteiger partial charge is 0.456 e. The molecule has 0 aliphatic heterocycles. The first-order chi connectivity index (χ1) is 11.0. The lowest BCUT2D eigenvalue weighted by Crippen LogP contribution is -2.24. The van der Waals surface area contributed by atoms with Crippen LogP contribution in [0.4, 0.5) is 0 Å². The number of fused-ring (bicyclic) bond motifs is 2. The molecular weight excluding hydrogens is 316 g/mol. The van der Waals surface area contributed by atoms with Crippen LogP contribution < -0.4 is 0 Å². The van der Waals surface area contributed by atoms with Crippen molar-refractivity contribution in [1.82, 2.24) is 0 Å². The minimum atomic E-state index is -0.718. The van der Waals surface area contributed by atoms with Crippen molar-refractivity contribution in [2.45, 2.75) is 0 Å². The third-order valence-corrected chi connectivity index (χ3v) is 3.64. The van der Waals surface area contributed by atoms with Gasteiger partial charge in [-0.05, 0) is 6.07 Å². The number of carbonyl (C=O) groups excluding carboxylic acids is 3. The molecule has 2 aromatic carbocycles. The summed E-state index contributed by atoms with van der Waals surface area (Å²) < 4.78 is 4.99. The van der Waals surface area contributed by atoms with Gasteiger partial charge < -0.3 is 4.74 Å². The average Bonchev–Trinajstić information content (AvgIpc) is 2.57. The molecule has 114 valence electrons. The van der Waals surface area contributed by atoms with Crippen LogP contribution in [0.1, 0.15) is 42.2 Å². The summed E-state index contributed by atoms with van der Waals surface area (Å²) in [4.78, 5) is 37.5. The number of benzene rings is 2. The second-order valence-corrected chi connectivity index (χ2v) is 5.56. The highest BCUT2D eigenvalue weighted by atomic mass is 35.5. The molecule has 0 saturated heterocycles. The molecule has 1 aliphatic rings. The van der Waals surface area contributed by atoms with Gasteiger partial charge >= 0.3 is 5.97 Å². The topological polar surface area (TPSA) is 60.4 Å². The average molecular weight is 327 g/mol. The lowest BCUT2D eigenvalue weighted by Gasteiger charge is -2.19. The fraction of sp³-hybridized carbons (Fsp3) is 0.0556. The highest BCUT2D eigenvalue weighted by Gasteiger charge is 2.33. The number of rotatable bonds is 3. The van der Waals surface area contributed by atoms with E-state index < -0.39 is 5.97 Å². The Morgan fingerprint density at radius 2 is 1.57 bits per heavy atom. The minimum absolute atomic E-state index is 0.0493. The van der Waals surface area contributed by atoms with Crippen molar-refractivity contribution in [3.05, 3.63) is 81.9 Å². The highest BCUT2D eigenvalue weighted by molar-refractivity contribution is 6.31. The Hall–Kier alpha value is -2.72. The number of esters is 1. The smallest absolute Gasteiger partial charge is 0.339 e. The molecule has 23 heavy (non-hydrogen) atoms. The zero-order valence-electron chi connectivity index (χ0n) is 12.0. The van der Waals surface area contributed by atoms with Crippen LogP contribution in [0.25, 0.3) is 0 Å². The van der Waals surface area contributed by atoms with Gasteiger partial charge in [0.15, 0.2) is 11.6 Å². The van der Waals surface area contributed by atoms with Crippen LogP contribution >= 0.6 is 11.6 Å². The maximum atomic E-state index is 12.7. The molecule has 0 aromatic heterocycles. The van der Waals surface area contributed by atoms with E-state index in [1.165, 1.54) is 12.1 Å². The number of ketones is 2. The molecule has 5 heteroatoms. The van der Waals surface area contributed by atoms with Crippen LogP contribution in [0.2, 0.25) is 0 Å². The summed E-state index contributed by atoms with van der Waals surface area (Å²) in [6, 6.07) is 11.1. The van der Waals surface area contributed by atoms with Crippen LogP contribution in [0.15, 0.2) is 54.1 Å². The van der Waals surface area contributed by atoms with Gasteiger partial charge in [0.2, 0.25) is 0 Å². The maximum Gasteiger partial charge on any atom is 0.339 e. The van der Waals surface area contributed by atoms with Crippen LogP contribution in [0.3, 0.4) is 0 Å². The van der Waals surface area contributed by atoms with Crippen LogP contribution in [-0.2, 0) is 4.74 Å². The zero-order valence-corrected chi connectivity index (χ0v) is 12.7. The molecule has 0 bridgehead atoms. The monoisotopic (exact) mass is 326 g/mol. The molecule has 0 fully saturated rings. The summed E-state index contributed by atoms with van der Waals surface area (Å²) in [7, 11) is 0. The summed E-state index contributed by atoms with van der Waals surface area (Å²) in [5.41, 5.74) is 0.944. The third-order valence-electron chi connectivity index (χ3n) is 3.53. The van der Waals surface area contributed by atoms with Crippen molar-refractivity contribution in [1.29, 1.82) is 0 Å². The lowest BCUT2D eigenvalue weighted by atomic mass is 9.82. The fourth-order valence-corrected chi connectivity index (χ4v) is 2.59. The highest BCUT2D eigenvalue weighted by Crippen LogP contribution is 2.29. The minimum Gasteiger partial charge on any atom is -0.456 e. The Labute approximate surface area is 137 Å². The second kappa shape index (κ2) is 5.82. The van der Waals surface area contributed by atoms with E-state index in [0.717, 1.165) is 0 Å². The molecule has 3 rings (SSSR count). The van der Waals surface area contributed by atoms with E-state index >= 15 is 0 Å². The summed E-state index contributed by atoms with van der Waals surface area (Å²) in [5.74, 6) is -1.37. The normalized spacial score (nSPS) is 12.4. The van der Waals surface area contributed by atoms with Gasteiger partial charge in [-0.3, -0.25) is 9.59 Å². The molecule has 0 radical (unpaired) electrons.